The largest absolute Gasteiger partial charge is 0.545 e. The predicted octanol–water partition coefficient (Wildman–Crippen LogP) is 0.785. The number of carbonyl (C=O) groups excluding carboxylic acids is 1. The molecule has 0 fully saturated rings. The summed E-state index contributed by atoms with van der Waals surface area (Å²) >= 11 is 3.27. The molecule has 0 spiro atoms. The number of carbonyl (C=O) groups is 2. The van der Waals surface area contributed by atoms with Crippen LogP contribution < -0.4 is 10.4 Å². The molecule has 2 aromatic heterocycles. The molecule has 0 unspecified atom stereocenters. The van der Waals surface area contributed by atoms with E-state index in [1.165, 1.54) is 0 Å². The Morgan fingerprint density at radius 3 is 2.04 bits per heavy atom. The summed E-state index contributed by atoms with van der Waals surface area (Å²) in [6.07, 6.45) is 1.69. The van der Waals surface area contributed by atoms with E-state index < -0.39 is 17.5 Å². The van der Waals surface area contributed by atoms with E-state index in [2.05, 4.69) is 19.2 Å². The number of thiophene rings is 2. The summed E-state index contributed by atoms with van der Waals surface area (Å²) in [6, 6.07) is 4.62. The van der Waals surface area contributed by atoms with Crippen LogP contribution in [0.4, 0.5) is 0 Å². The van der Waals surface area contributed by atoms with E-state index in [1.807, 2.05) is 33.7 Å². The molecule has 0 radical (unpaired) electrons. The number of carboxylic acid groups (broad SMARTS) is 2. The first-order chi connectivity index (χ1) is 12.3. The van der Waals surface area contributed by atoms with Crippen LogP contribution in [0.3, 0.4) is 0 Å². The van der Waals surface area contributed by atoms with Gasteiger partial charge in [0.1, 0.15) is 5.60 Å². The van der Waals surface area contributed by atoms with Crippen LogP contribution in [0.25, 0.3) is 0 Å². The number of aliphatic carboxylic acids is 2. The molecule has 2 rings (SSSR count). The highest BCUT2D eigenvalue weighted by atomic mass is 32.1. The number of rotatable bonds is 8. The quantitative estimate of drug-likeness (QED) is 0.570. The molecule has 6 nitrogen and oxygen atoms in total. The summed E-state index contributed by atoms with van der Waals surface area (Å²) in [5.74, 6) is -2.80. The molecule has 0 bridgehead atoms. The van der Waals surface area contributed by atoms with Crippen LogP contribution in [0.2, 0.25) is 0 Å². The zero-order valence-electron chi connectivity index (χ0n) is 14.6. The summed E-state index contributed by atoms with van der Waals surface area (Å²) in [4.78, 5) is 19.0. The van der Waals surface area contributed by atoms with Gasteiger partial charge in [0.05, 0.1) is 18.6 Å². The lowest BCUT2D eigenvalue weighted by molar-refractivity contribution is -0.684. The van der Waals surface area contributed by atoms with E-state index >= 15 is 0 Å². The molecule has 2 heterocycles. The Labute approximate surface area is 160 Å². The lowest BCUT2D eigenvalue weighted by Crippen LogP contribution is -2.89. The van der Waals surface area contributed by atoms with E-state index in [0.717, 1.165) is 24.1 Å². The van der Waals surface area contributed by atoms with Gasteiger partial charge in [-0.1, -0.05) is 0 Å². The molecule has 0 aliphatic heterocycles. The van der Waals surface area contributed by atoms with Gasteiger partial charge in [0.2, 0.25) is 0 Å². The number of quaternary nitrogens is 1. The van der Waals surface area contributed by atoms with Crippen molar-refractivity contribution in [3.63, 3.8) is 0 Å². The van der Waals surface area contributed by atoms with Crippen LogP contribution in [-0.4, -0.2) is 34.7 Å². The van der Waals surface area contributed by atoms with Crippen molar-refractivity contribution in [2.75, 3.05) is 6.54 Å². The molecular formula is C18H23NO5S2. The number of carboxylic acids is 2. The maximum Gasteiger partial charge on any atom is 0.328 e. The van der Waals surface area contributed by atoms with Crippen LogP contribution in [-0.2, 0) is 15.2 Å². The van der Waals surface area contributed by atoms with Crippen molar-refractivity contribution in [3.05, 3.63) is 56.9 Å². The highest BCUT2D eigenvalue weighted by molar-refractivity contribution is 7.08. The molecule has 26 heavy (non-hydrogen) atoms. The Hall–Kier alpha value is -2.00. The smallest absolute Gasteiger partial charge is 0.328 e. The Balaban J connectivity index is 0.000000359. The van der Waals surface area contributed by atoms with Crippen molar-refractivity contribution < 1.29 is 30.2 Å². The number of aliphatic hydroxyl groups is 1. The SMILES string of the molecule is CC(C)[NH2+]CCC(O)(c1ccsc1)c1ccsc1.O=C([O-])/C=C/C(=O)O. The second-order valence-corrected chi connectivity index (χ2v) is 7.45. The normalized spacial score (nSPS) is 11.4. The van der Waals surface area contributed by atoms with Crippen molar-refractivity contribution in [1.29, 1.82) is 0 Å². The minimum atomic E-state index is -1.51. The van der Waals surface area contributed by atoms with E-state index in [4.69, 9.17) is 5.11 Å². The molecule has 142 valence electrons. The molecule has 0 atom stereocenters. The van der Waals surface area contributed by atoms with Crippen molar-refractivity contribution in [1.82, 2.24) is 0 Å². The third-order valence-electron chi connectivity index (χ3n) is 3.50. The molecule has 0 aliphatic rings. The lowest BCUT2D eigenvalue weighted by Gasteiger charge is -2.26. The monoisotopic (exact) mass is 397 g/mol. The van der Waals surface area contributed by atoms with Gasteiger partial charge >= 0.3 is 5.97 Å². The fourth-order valence-corrected chi connectivity index (χ4v) is 3.67. The van der Waals surface area contributed by atoms with Gasteiger partial charge in [-0.3, -0.25) is 0 Å². The third kappa shape index (κ3) is 7.49. The first kappa shape index (κ1) is 22.0. The van der Waals surface area contributed by atoms with Crippen molar-refractivity contribution in [2.45, 2.75) is 31.9 Å². The molecular weight excluding hydrogens is 374 g/mol. The minimum absolute atomic E-state index is 0.447. The highest BCUT2D eigenvalue weighted by Crippen LogP contribution is 2.34. The van der Waals surface area contributed by atoms with Gasteiger partial charge in [0, 0.05) is 12.5 Å². The summed E-state index contributed by atoms with van der Waals surface area (Å²) in [6.45, 7) is 5.28. The average Bonchev–Trinajstić information content (AvgIpc) is 3.26. The van der Waals surface area contributed by atoms with Gasteiger partial charge in [-0.15, -0.1) is 0 Å². The molecule has 8 heteroatoms. The first-order valence-corrected chi connectivity index (χ1v) is 9.87. The molecule has 0 aromatic carbocycles. The van der Waals surface area contributed by atoms with Crippen LogP contribution in [0.15, 0.2) is 45.8 Å². The Kier molecular flexibility index (Phi) is 9.22. The summed E-state index contributed by atoms with van der Waals surface area (Å²) < 4.78 is 0. The van der Waals surface area contributed by atoms with Gasteiger partial charge in [-0.05, 0) is 64.7 Å². The zero-order valence-corrected chi connectivity index (χ0v) is 16.3. The fourth-order valence-electron chi connectivity index (χ4n) is 2.22. The van der Waals surface area contributed by atoms with Crippen molar-refractivity contribution in [2.24, 2.45) is 0 Å². The van der Waals surface area contributed by atoms with Crippen LogP contribution in [0.1, 0.15) is 31.4 Å². The average molecular weight is 398 g/mol. The summed E-state index contributed by atoms with van der Waals surface area (Å²) in [5.41, 5.74) is 1.21. The molecule has 4 N–H and O–H groups in total. The van der Waals surface area contributed by atoms with Crippen molar-refractivity contribution >= 4 is 34.6 Å². The number of nitrogens with two attached hydrogens (primary N) is 1. The van der Waals surface area contributed by atoms with Crippen molar-refractivity contribution in [3.8, 4) is 0 Å². The fraction of sp³-hybridized carbons (Fsp3) is 0.333. The minimum Gasteiger partial charge on any atom is -0.545 e. The lowest BCUT2D eigenvalue weighted by atomic mass is 9.87. The Morgan fingerprint density at radius 1 is 1.19 bits per heavy atom. The standard InChI is InChI=1S/C14H19NOS2.C4H4O4/c1-11(2)15-6-5-14(16,12-3-7-17-9-12)13-4-8-18-10-13;5-3(6)1-2-4(7)8/h3-4,7-11,15-16H,5-6H2,1-2H3;1-2H,(H,5,6)(H,7,8)/b;2-1+. The van der Waals surface area contributed by atoms with E-state index in [9.17, 15) is 19.8 Å². The Bertz CT molecular complexity index is 643. The maximum atomic E-state index is 11.0. The van der Waals surface area contributed by atoms with Gasteiger partial charge in [-0.25, -0.2) is 4.79 Å². The maximum absolute atomic E-state index is 11.0. The van der Waals surface area contributed by atoms with Gasteiger partial charge in [0.25, 0.3) is 0 Å². The second kappa shape index (κ2) is 10.9. The number of hydrogen-bond donors (Lipinski definition) is 3. The predicted molar refractivity (Wildman–Crippen MR) is 100.0 cm³/mol. The molecule has 0 saturated carbocycles. The molecule has 0 saturated heterocycles. The summed E-state index contributed by atoms with van der Waals surface area (Å²) in [5, 5.41) is 38.7. The van der Waals surface area contributed by atoms with E-state index in [0.29, 0.717) is 18.2 Å². The second-order valence-electron chi connectivity index (χ2n) is 5.89. The van der Waals surface area contributed by atoms with Gasteiger partial charge < -0.3 is 25.4 Å². The highest BCUT2D eigenvalue weighted by Gasteiger charge is 2.32. The van der Waals surface area contributed by atoms with Crippen LogP contribution in [0.5, 0.6) is 0 Å². The van der Waals surface area contributed by atoms with Crippen LogP contribution >= 0.6 is 22.7 Å². The molecule has 0 amide bonds. The van der Waals surface area contributed by atoms with Crippen LogP contribution in [0, 0.1) is 0 Å². The molecule has 0 aliphatic carbocycles. The van der Waals surface area contributed by atoms with E-state index in [1.54, 1.807) is 22.7 Å². The van der Waals surface area contributed by atoms with E-state index in [-0.39, 0.29) is 0 Å². The zero-order chi connectivity index (χ0) is 19.6. The Morgan fingerprint density at radius 2 is 1.73 bits per heavy atom. The summed E-state index contributed by atoms with van der Waals surface area (Å²) in [7, 11) is 0. The van der Waals surface area contributed by atoms with Gasteiger partial charge in [0.15, 0.2) is 0 Å². The first-order valence-electron chi connectivity index (χ1n) is 7.98. The topological polar surface area (TPSA) is 114 Å². The third-order valence-corrected chi connectivity index (χ3v) is 4.87. The van der Waals surface area contributed by atoms with Gasteiger partial charge in [-0.2, -0.15) is 22.7 Å². The number of hydrogen-bond acceptors (Lipinski definition) is 6. The molecule has 2 aromatic rings.